The van der Waals surface area contributed by atoms with Crippen LogP contribution >= 0.6 is 0 Å². The lowest BCUT2D eigenvalue weighted by atomic mass is 9.87. The Morgan fingerprint density at radius 3 is 2.22 bits per heavy atom. The van der Waals surface area contributed by atoms with Crippen molar-refractivity contribution in [3.63, 3.8) is 0 Å². The molecule has 1 N–H and O–H groups in total. The van der Waals surface area contributed by atoms with Crippen LogP contribution in [0.5, 0.6) is 0 Å². The molecule has 5 nitrogen and oxygen atoms in total. The van der Waals surface area contributed by atoms with Gasteiger partial charge in [0.1, 0.15) is 6.61 Å². The molecule has 2 unspecified atom stereocenters. The van der Waals surface area contributed by atoms with Crippen molar-refractivity contribution in [2.24, 2.45) is 11.8 Å². The largest absolute Gasteiger partial charge is 0.481 e. The predicted octanol–water partition coefficient (Wildman–Crippen LogP) is 3.98. The highest BCUT2D eigenvalue weighted by Crippen LogP contribution is 2.44. The number of benzene rings is 2. The fraction of sp³-hybridized carbons (Fsp3) is 0.364. The van der Waals surface area contributed by atoms with Crippen LogP contribution in [-0.2, 0) is 9.53 Å². The van der Waals surface area contributed by atoms with Gasteiger partial charge >= 0.3 is 12.1 Å². The summed E-state index contributed by atoms with van der Waals surface area (Å²) < 4.78 is 5.66. The third-order valence-corrected chi connectivity index (χ3v) is 5.82. The first-order chi connectivity index (χ1) is 13.1. The molecular weight excluding hydrogens is 342 g/mol. The first-order valence-electron chi connectivity index (χ1n) is 9.39. The molecule has 0 radical (unpaired) electrons. The molecular formula is C22H23NO4. The number of ether oxygens (including phenoxy) is 1. The highest BCUT2D eigenvalue weighted by Gasteiger charge is 2.34. The summed E-state index contributed by atoms with van der Waals surface area (Å²) in [5.74, 6) is -1.20. The fourth-order valence-corrected chi connectivity index (χ4v) is 4.36. The lowest BCUT2D eigenvalue weighted by molar-refractivity contribution is -0.145. The molecule has 140 valence electrons. The van der Waals surface area contributed by atoms with E-state index in [1.807, 2.05) is 31.2 Å². The van der Waals surface area contributed by atoms with Crippen LogP contribution in [0.25, 0.3) is 11.1 Å². The van der Waals surface area contributed by atoms with Gasteiger partial charge in [-0.05, 0) is 34.6 Å². The van der Waals surface area contributed by atoms with Crippen LogP contribution in [0.1, 0.15) is 30.4 Å². The van der Waals surface area contributed by atoms with Crippen LogP contribution in [0.2, 0.25) is 0 Å². The molecule has 4 rings (SSSR count). The molecule has 1 aliphatic heterocycles. The number of nitrogens with zero attached hydrogens (tertiary/aromatic N) is 1. The zero-order valence-electron chi connectivity index (χ0n) is 15.3. The molecule has 2 aromatic rings. The number of carboxylic acid groups (broad SMARTS) is 1. The van der Waals surface area contributed by atoms with E-state index in [9.17, 15) is 14.7 Å². The van der Waals surface area contributed by atoms with E-state index in [2.05, 4.69) is 24.3 Å². The van der Waals surface area contributed by atoms with Crippen LogP contribution < -0.4 is 0 Å². The smallest absolute Gasteiger partial charge is 0.409 e. The number of carbonyl (C=O) groups excluding carboxylic acids is 1. The van der Waals surface area contributed by atoms with E-state index >= 15 is 0 Å². The van der Waals surface area contributed by atoms with Crippen LogP contribution in [0.15, 0.2) is 48.5 Å². The summed E-state index contributed by atoms with van der Waals surface area (Å²) in [7, 11) is 0. The number of carbonyl (C=O) groups is 2. The van der Waals surface area contributed by atoms with E-state index in [-0.39, 0.29) is 23.8 Å². The second kappa shape index (κ2) is 7.06. The zero-order valence-corrected chi connectivity index (χ0v) is 15.3. The van der Waals surface area contributed by atoms with Crippen molar-refractivity contribution in [2.45, 2.75) is 19.3 Å². The number of rotatable bonds is 3. The van der Waals surface area contributed by atoms with Gasteiger partial charge in [-0.2, -0.15) is 0 Å². The molecule has 0 bridgehead atoms. The second-order valence-corrected chi connectivity index (χ2v) is 7.46. The molecule has 2 aliphatic rings. The molecule has 1 fully saturated rings. The van der Waals surface area contributed by atoms with E-state index in [1.165, 1.54) is 22.3 Å². The number of fused-ring (bicyclic) bond motifs is 3. The van der Waals surface area contributed by atoms with E-state index in [0.717, 1.165) is 0 Å². The van der Waals surface area contributed by atoms with Gasteiger partial charge in [-0.1, -0.05) is 55.5 Å². The average Bonchev–Trinajstić information content (AvgIpc) is 2.99. The highest BCUT2D eigenvalue weighted by atomic mass is 16.6. The van der Waals surface area contributed by atoms with Gasteiger partial charge in [-0.25, -0.2) is 4.79 Å². The van der Waals surface area contributed by atoms with Gasteiger partial charge in [0, 0.05) is 19.0 Å². The lowest BCUT2D eigenvalue weighted by Crippen LogP contribution is -2.45. The maximum absolute atomic E-state index is 12.6. The van der Waals surface area contributed by atoms with Crippen molar-refractivity contribution in [3.8, 4) is 11.1 Å². The Kier molecular flexibility index (Phi) is 4.60. The molecule has 2 aromatic carbocycles. The maximum Gasteiger partial charge on any atom is 0.409 e. The molecule has 0 saturated carbocycles. The monoisotopic (exact) mass is 365 g/mol. The summed E-state index contributed by atoms with van der Waals surface area (Å²) in [6.45, 7) is 3.02. The molecule has 0 aromatic heterocycles. The fourth-order valence-electron chi connectivity index (χ4n) is 4.36. The van der Waals surface area contributed by atoms with Crippen molar-refractivity contribution in [3.05, 3.63) is 59.7 Å². The minimum atomic E-state index is -0.783. The Hall–Kier alpha value is -2.82. The van der Waals surface area contributed by atoms with Gasteiger partial charge in [-0.15, -0.1) is 0 Å². The van der Waals surface area contributed by atoms with Gasteiger partial charge in [0.25, 0.3) is 0 Å². The molecule has 5 heteroatoms. The molecule has 27 heavy (non-hydrogen) atoms. The lowest BCUT2D eigenvalue weighted by Gasteiger charge is -2.34. The van der Waals surface area contributed by atoms with E-state index in [4.69, 9.17) is 4.74 Å². The maximum atomic E-state index is 12.6. The van der Waals surface area contributed by atoms with Gasteiger partial charge in [0.2, 0.25) is 0 Å². The number of carboxylic acids is 1. The Balaban J connectivity index is 1.45. The van der Waals surface area contributed by atoms with Gasteiger partial charge < -0.3 is 14.7 Å². The standard InChI is InChI=1S/C22H23NO4/c1-14-12-23(11-10-15(14)21(24)25)22(26)27-13-20-18-8-4-2-6-16(18)17-7-3-5-9-19(17)20/h2-9,14-15,20H,10-13H2,1H3,(H,24,25). The Morgan fingerprint density at radius 2 is 1.67 bits per heavy atom. The summed E-state index contributed by atoms with van der Waals surface area (Å²) in [6, 6.07) is 16.5. The topological polar surface area (TPSA) is 66.8 Å². The van der Waals surface area contributed by atoms with Crippen molar-refractivity contribution in [1.82, 2.24) is 4.90 Å². The SMILES string of the molecule is CC1CN(C(=O)OCC2c3ccccc3-c3ccccc32)CCC1C(=O)O. The molecule has 2 atom stereocenters. The summed E-state index contributed by atoms with van der Waals surface area (Å²) >= 11 is 0. The number of hydrogen-bond acceptors (Lipinski definition) is 3. The quantitative estimate of drug-likeness (QED) is 0.893. The summed E-state index contributed by atoms with van der Waals surface area (Å²) in [4.78, 5) is 25.4. The predicted molar refractivity (Wildman–Crippen MR) is 102 cm³/mol. The van der Waals surface area contributed by atoms with Crippen LogP contribution in [0, 0.1) is 11.8 Å². The first kappa shape index (κ1) is 17.6. The molecule has 1 aliphatic carbocycles. The third kappa shape index (κ3) is 3.18. The molecule has 1 heterocycles. The van der Waals surface area contributed by atoms with Crippen LogP contribution in [0.3, 0.4) is 0 Å². The van der Waals surface area contributed by atoms with Crippen molar-refractivity contribution >= 4 is 12.1 Å². The first-order valence-corrected chi connectivity index (χ1v) is 9.39. The van der Waals surface area contributed by atoms with Gasteiger partial charge in [0.05, 0.1) is 5.92 Å². The van der Waals surface area contributed by atoms with Crippen LogP contribution in [-0.4, -0.2) is 41.8 Å². The summed E-state index contributed by atoms with van der Waals surface area (Å²) in [6.07, 6.45) is 0.119. The van der Waals surface area contributed by atoms with Crippen LogP contribution in [0.4, 0.5) is 4.79 Å². The Labute approximate surface area is 158 Å². The number of amides is 1. The van der Waals surface area contributed by atoms with Gasteiger partial charge in [0.15, 0.2) is 0 Å². The second-order valence-electron chi connectivity index (χ2n) is 7.46. The van der Waals surface area contributed by atoms with Crippen molar-refractivity contribution in [2.75, 3.05) is 19.7 Å². The third-order valence-electron chi connectivity index (χ3n) is 5.82. The van der Waals surface area contributed by atoms with E-state index < -0.39 is 5.97 Å². The van der Waals surface area contributed by atoms with Gasteiger partial charge in [-0.3, -0.25) is 4.79 Å². The van der Waals surface area contributed by atoms with E-state index in [0.29, 0.717) is 26.1 Å². The Bertz CT molecular complexity index is 833. The van der Waals surface area contributed by atoms with Crippen molar-refractivity contribution in [1.29, 1.82) is 0 Å². The van der Waals surface area contributed by atoms with Crippen molar-refractivity contribution < 1.29 is 19.4 Å². The minimum absolute atomic E-state index is 0.0373. The molecule has 0 spiro atoms. The summed E-state index contributed by atoms with van der Waals surface area (Å²) in [5, 5.41) is 9.23. The normalized spacial score (nSPS) is 21.4. The average molecular weight is 365 g/mol. The summed E-state index contributed by atoms with van der Waals surface area (Å²) in [5.41, 5.74) is 4.77. The molecule has 1 amide bonds. The number of likely N-dealkylation sites (tertiary alicyclic amines) is 1. The number of piperidine rings is 1. The minimum Gasteiger partial charge on any atom is -0.481 e. The highest BCUT2D eigenvalue weighted by molar-refractivity contribution is 5.79. The molecule has 1 saturated heterocycles. The number of aliphatic carboxylic acids is 1. The Morgan fingerprint density at radius 1 is 1.07 bits per heavy atom. The zero-order chi connectivity index (χ0) is 19.0. The van der Waals surface area contributed by atoms with E-state index in [1.54, 1.807) is 4.90 Å². The number of hydrogen-bond donors (Lipinski definition) is 1.